The van der Waals surface area contributed by atoms with E-state index in [0.29, 0.717) is 19.5 Å². The van der Waals surface area contributed by atoms with Gasteiger partial charge in [0.2, 0.25) is 0 Å². The first-order valence-electron chi connectivity index (χ1n) is 12.0. The Morgan fingerprint density at radius 2 is 1.61 bits per heavy atom. The van der Waals surface area contributed by atoms with E-state index in [1.807, 2.05) is 12.1 Å². The predicted octanol–water partition coefficient (Wildman–Crippen LogP) is 3.59. The van der Waals surface area contributed by atoms with E-state index in [9.17, 15) is 0 Å². The topological polar surface area (TPSA) is 34.2 Å². The van der Waals surface area contributed by atoms with Crippen molar-refractivity contribution in [2.75, 3.05) is 18.6 Å². The molecule has 3 aliphatic heterocycles. The van der Waals surface area contributed by atoms with Gasteiger partial charge in [-0.2, -0.15) is 0 Å². The first-order valence-corrected chi connectivity index (χ1v) is 13.9. The molecule has 176 valence electrons. The Hall–Kier alpha value is -3.37. The molecule has 0 spiro atoms. The summed E-state index contributed by atoms with van der Waals surface area (Å²) >= 11 is 0. The molecule has 36 heavy (non-hydrogen) atoms. The number of nitrogens with zero attached hydrogens (tertiary/aromatic N) is 2. The maximum absolute atomic E-state index is 6.83. The fourth-order valence-corrected chi connectivity index (χ4v) is 7.75. The lowest BCUT2D eigenvalue weighted by Crippen LogP contribution is -2.42. The molecule has 0 saturated carbocycles. The van der Waals surface area contributed by atoms with Crippen LogP contribution < -0.4 is 24.8 Å². The SMILES string of the molecule is COc1ccc([C@@H]2N(c3ccc(C)cc3)C[C@@]3(c4ccccc4)c4cc5c(cc4ON23)[Si]O[Si]5)cc1. The Labute approximate surface area is 216 Å². The van der Waals surface area contributed by atoms with E-state index in [1.165, 1.54) is 32.8 Å². The fourth-order valence-electron chi connectivity index (χ4n) is 5.61. The van der Waals surface area contributed by atoms with Crippen molar-refractivity contribution in [1.82, 2.24) is 5.06 Å². The van der Waals surface area contributed by atoms with Crippen molar-refractivity contribution < 1.29 is 13.7 Å². The molecule has 4 aromatic rings. The van der Waals surface area contributed by atoms with Gasteiger partial charge in [-0.25, -0.2) is 0 Å². The third-order valence-electron chi connectivity index (χ3n) is 7.41. The van der Waals surface area contributed by atoms with Crippen LogP contribution in [0.5, 0.6) is 11.5 Å². The van der Waals surface area contributed by atoms with Gasteiger partial charge in [-0.1, -0.05) is 71.3 Å². The summed E-state index contributed by atoms with van der Waals surface area (Å²) in [4.78, 5) is 9.29. The molecule has 0 unspecified atom stereocenters. The van der Waals surface area contributed by atoms with Crippen molar-refractivity contribution in [3.05, 3.63) is 113 Å². The molecule has 0 amide bonds. The smallest absolute Gasteiger partial charge is 0.256 e. The fraction of sp³-hybridized carbons (Fsp3) is 0.172. The van der Waals surface area contributed by atoms with Crippen LogP contribution in [0.4, 0.5) is 5.69 Å². The number of fused-ring (bicyclic) bond motifs is 4. The monoisotopic (exact) mass is 504 g/mol. The Balaban J connectivity index is 1.45. The van der Waals surface area contributed by atoms with Gasteiger partial charge in [0.25, 0.3) is 19.5 Å². The van der Waals surface area contributed by atoms with E-state index in [-0.39, 0.29) is 6.17 Å². The summed E-state index contributed by atoms with van der Waals surface area (Å²) in [6.45, 7) is 2.89. The van der Waals surface area contributed by atoms with Gasteiger partial charge in [0.05, 0.1) is 13.7 Å². The molecule has 1 saturated heterocycles. The molecule has 2 atom stereocenters. The zero-order valence-electron chi connectivity index (χ0n) is 20.1. The van der Waals surface area contributed by atoms with Gasteiger partial charge >= 0.3 is 0 Å². The maximum atomic E-state index is 6.83. The minimum absolute atomic E-state index is 0.123. The van der Waals surface area contributed by atoms with Crippen LogP contribution >= 0.6 is 0 Å². The molecule has 0 aliphatic carbocycles. The van der Waals surface area contributed by atoms with Crippen molar-refractivity contribution >= 4 is 35.6 Å². The van der Waals surface area contributed by atoms with Gasteiger partial charge in [-0.15, -0.1) is 0 Å². The predicted molar refractivity (Wildman–Crippen MR) is 142 cm³/mol. The molecule has 0 N–H and O–H groups in total. The van der Waals surface area contributed by atoms with Crippen LogP contribution in [-0.2, 0) is 9.65 Å². The third-order valence-corrected chi connectivity index (χ3v) is 9.74. The van der Waals surface area contributed by atoms with Crippen molar-refractivity contribution in [2.45, 2.75) is 18.6 Å². The van der Waals surface area contributed by atoms with Crippen molar-refractivity contribution in [3.8, 4) is 11.5 Å². The Morgan fingerprint density at radius 1 is 0.889 bits per heavy atom. The van der Waals surface area contributed by atoms with E-state index in [4.69, 9.17) is 13.7 Å². The summed E-state index contributed by atoms with van der Waals surface area (Å²) in [6.07, 6.45) is -0.123. The highest BCUT2D eigenvalue weighted by molar-refractivity contribution is 6.72. The van der Waals surface area contributed by atoms with Crippen LogP contribution in [0.1, 0.15) is 28.4 Å². The number of hydroxylamine groups is 2. The van der Waals surface area contributed by atoms with E-state index in [1.54, 1.807) is 7.11 Å². The van der Waals surface area contributed by atoms with Gasteiger partial charge < -0.3 is 18.6 Å². The van der Waals surface area contributed by atoms with Crippen molar-refractivity contribution in [2.24, 2.45) is 0 Å². The standard InChI is InChI=1S/C29H24N2O3Si2/c1-19-8-12-22(13-9-19)30-18-29(21-6-4-3-5-7-21)24-16-26-27(36-34-35-26)17-25(24)33-31(29)28(30)20-10-14-23(32-2)15-11-20/h3-17,28H,18H2,1-2H3/t28-,29-/m1/s1. The van der Waals surface area contributed by atoms with Crippen LogP contribution in [0.3, 0.4) is 0 Å². The summed E-state index contributed by atoms with van der Waals surface area (Å²) in [7, 11) is 2.48. The quantitative estimate of drug-likeness (QED) is 0.397. The van der Waals surface area contributed by atoms with E-state index in [0.717, 1.165) is 23.6 Å². The van der Waals surface area contributed by atoms with Crippen LogP contribution in [-0.4, -0.2) is 38.2 Å². The van der Waals surface area contributed by atoms with Crippen LogP contribution in [0.25, 0.3) is 0 Å². The highest BCUT2D eigenvalue weighted by Crippen LogP contribution is 2.56. The maximum Gasteiger partial charge on any atom is 0.256 e. The average Bonchev–Trinajstić information content (AvgIpc) is 3.60. The normalized spacial score (nSPS) is 22.2. The highest BCUT2D eigenvalue weighted by Gasteiger charge is 2.60. The Bertz CT molecular complexity index is 1430. The van der Waals surface area contributed by atoms with Crippen LogP contribution in [0.2, 0.25) is 0 Å². The Kier molecular flexibility index (Phi) is 5.07. The van der Waals surface area contributed by atoms with Gasteiger partial charge in [0.15, 0.2) is 5.75 Å². The van der Waals surface area contributed by atoms with Gasteiger partial charge in [-0.3, -0.25) is 0 Å². The lowest BCUT2D eigenvalue weighted by atomic mass is 9.83. The highest BCUT2D eigenvalue weighted by atomic mass is 28.3. The molecule has 3 aliphatic rings. The van der Waals surface area contributed by atoms with Crippen molar-refractivity contribution in [1.29, 1.82) is 0 Å². The molecule has 4 aromatic carbocycles. The van der Waals surface area contributed by atoms with Gasteiger partial charge in [0, 0.05) is 11.3 Å². The third kappa shape index (κ3) is 3.20. The molecule has 3 heterocycles. The number of benzene rings is 4. The first kappa shape index (κ1) is 21.9. The molecular formula is C29H24N2O3Si2. The summed E-state index contributed by atoms with van der Waals surface area (Å²) in [5.74, 6) is 1.78. The summed E-state index contributed by atoms with van der Waals surface area (Å²) < 4.78 is 11.3. The number of aryl methyl sites for hydroxylation is 1. The second-order valence-electron chi connectivity index (χ2n) is 9.45. The number of rotatable bonds is 4. The number of methoxy groups -OCH3 is 1. The summed E-state index contributed by atoms with van der Waals surface area (Å²) in [6, 6.07) is 32.5. The zero-order valence-corrected chi connectivity index (χ0v) is 22.1. The second-order valence-corrected chi connectivity index (χ2v) is 11.8. The Morgan fingerprint density at radius 3 is 2.33 bits per heavy atom. The average molecular weight is 505 g/mol. The molecule has 1 fully saturated rings. The van der Waals surface area contributed by atoms with Crippen LogP contribution in [0.15, 0.2) is 91.0 Å². The lowest BCUT2D eigenvalue weighted by molar-refractivity contribution is -0.108. The lowest BCUT2D eigenvalue weighted by Gasteiger charge is -2.32. The van der Waals surface area contributed by atoms with Crippen molar-refractivity contribution in [3.63, 3.8) is 0 Å². The minimum atomic E-state index is -0.461. The molecular weight excluding hydrogens is 481 g/mol. The van der Waals surface area contributed by atoms with Gasteiger partial charge in [-0.05, 0) is 58.8 Å². The van der Waals surface area contributed by atoms with Crippen LogP contribution in [0, 0.1) is 6.92 Å². The molecule has 0 bridgehead atoms. The second kappa shape index (κ2) is 8.35. The first-order chi connectivity index (χ1) is 17.7. The number of anilines is 1. The van der Waals surface area contributed by atoms with Gasteiger partial charge in [0.1, 0.15) is 17.5 Å². The molecule has 7 heteroatoms. The van der Waals surface area contributed by atoms with E-state index >= 15 is 0 Å². The number of ether oxygens (including phenoxy) is 1. The molecule has 0 aromatic heterocycles. The largest absolute Gasteiger partial charge is 0.497 e. The zero-order chi connectivity index (χ0) is 24.3. The van der Waals surface area contributed by atoms with E-state index < -0.39 is 5.54 Å². The minimum Gasteiger partial charge on any atom is -0.497 e. The number of hydrogen-bond donors (Lipinski definition) is 0. The molecule has 7 rings (SSSR count). The molecule has 5 nitrogen and oxygen atoms in total. The number of hydrogen-bond acceptors (Lipinski definition) is 5. The molecule has 4 radical (unpaired) electrons. The summed E-state index contributed by atoms with van der Waals surface area (Å²) in [5, 5.41) is 4.77. The summed E-state index contributed by atoms with van der Waals surface area (Å²) in [5.41, 5.74) is 5.55. The van der Waals surface area contributed by atoms with E-state index in [2.05, 4.69) is 95.7 Å².